The number of nitrogens with two attached hydrogens (primary N) is 1. The maximum Gasteiger partial charge on any atom is 0.469 e. The molecular weight excluding hydrogens is 391 g/mol. The number of hydrogen-bond acceptors (Lipinski definition) is 5. The van der Waals surface area contributed by atoms with Gasteiger partial charge < -0.3 is 15.5 Å². The number of sulfonamides is 1. The number of nitrogen functional groups attached to an aromatic ring is 1. The molecule has 0 saturated heterocycles. The molecule has 1 aromatic rings. The predicted molar refractivity (Wildman–Crippen MR) is 106 cm³/mol. The number of rotatable bonds is 12. The summed E-state index contributed by atoms with van der Waals surface area (Å²) in [5.41, 5.74) is 6.10. The van der Waals surface area contributed by atoms with Crippen LogP contribution in [0.2, 0.25) is 0 Å². The Labute approximate surface area is 162 Å². The lowest BCUT2D eigenvalue weighted by molar-refractivity contribution is 0.140. The van der Waals surface area contributed by atoms with Crippen LogP contribution in [0.4, 0.5) is 5.69 Å². The van der Waals surface area contributed by atoms with Gasteiger partial charge in [-0.15, -0.1) is 0 Å². The zero-order chi connectivity index (χ0) is 20.7. The molecule has 4 N–H and O–H groups in total. The molecule has 1 aromatic carbocycles. The van der Waals surface area contributed by atoms with Gasteiger partial charge in [0.05, 0.1) is 11.5 Å². The maximum absolute atomic E-state index is 13.2. The summed E-state index contributed by atoms with van der Waals surface area (Å²) in [7, 11) is -8.57. The van der Waals surface area contributed by atoms with E-state index in [4.69, 9.17) is 15.5 Å². The predicted octanol–water partition coefficient (Wildman–Crippen LogP) is 2.97. The molecule has 1 rings (SSSR count). The highest BCUT2D eigenvalue weighted by Crippen LogP contribution is 2.37. The molecule has 1 unspecified atom stereocenters. The van der Waals surface area contributed by atoms with Crippen LogP contribution in [0, 0.1) is 5.92 Å². The van der Waals surface area contributed by atoms with Gasteiger partial charge in [0.15, 0.2) is 0 Å². The molecule has 156 valence electrons. The fourth-order valence-corrected chi connectivity index (χ4v) is 4.87. The quantitative estimate of drug-likeness (QED) is 0.268. The van der Waals surface area contributed by atoms with Crippen LogP contribution in [-0.4, -0.2) is 41.7 Å². The second-order valence-corrected chi connectivity index (χ2v) is 10.1. The van der Waals surface area contributed by atoms with Gasteiger partial charge in [-0.05, 0) is 36.6 Å². The Hall–Kier alpha value is -0.960. The van der Waals surface area contributed by atoms with E-state index in [-0.39, 0.29) is 24.0 Å². The van der Waals surface area contributed by atoms with E-state index < -0.39 is 23.9 Å². The van der Waals surface area contributed by atoms with Crippen LogP contribution in [0.1, 0.15) is 46.5 Å². The molecule has 1 atom stereocenters. The molecule has 27 heavy (non-hydrogen) atoms. The van der Waals surface area contributed by atoms with E-state index in [0.29, 0.717) is 12.1 Å². The first-order chi connectivity index (χ1) is 12.5. The Morgan fingerprint density at radius 1 is 1.19 bits per heavy atom. The summed E-state index contributed by atoms with van der Waals surface area (Å²) >= 11 is 0. The van der Waals surface area contributed by atoms with Crippen molar-refractivity contribution in [2.45, 2.75) is 57.4 Å². The summed E-state index contributed by atoms with van der Waals surface area (Å²) in [5.74, 6) is 0.0253. The first kappa shape index (κ1) is 24.1. The molecule has 0 saturated carbocycles. The number of phosphoric ester groups is 1. The van der Waals surface area contributed by atoms with Gasteiger partial charge in [-0.2, -0.15) is 4.31 Å². The lowest BCUT2D eigenvalue weighted by Crippen LogP contribution is -2.44. The van der Waals surface area contributed by atoms with Crippen molar-refractivity contribution in [1.29, 1.82) is 0 Å². The summed E-state index contributed by atoms with van der Waals surface area (Å²) in [6.45, 7) is 5.65. The maximum atomic E-state index is 13.2. The van der Waals surface area contributed by atoms with E-state index in [9.17, 15) is 13.0 Å². The van der Waals surface area contributed by atoms with Crippen molar-refractivity contribution in [2.75, 3.05) is 18.9 Å². The molecule has 0 aliphatic carbocycles. The molecule has 0 aliphatic heterocycles. The van der Waals surface area contributed by atoms with Crippen LogP contribution in [0.25, 0.3) is 0 Å². The molecule has 0 radical (unpaired) electrons. The third-order valence-corrected chi connectivity index (χ3v) is 6.43. The van der Waals surface area contributed by atoms with E-state index >= 15 is 0 Å². The van der Waals surface area contributed by atoms with Crippen molar-refractivity contribution in [3.63, 3.8) is 0 Å². The van der Waals surface area contributed by atoms with Crippen LogP contribution in [0.15, 0.2) is 29.2 Å². The average molecular weight is 422 g/mol. The number of benzene rings is 1. The molecule has 0 aromatic heterocycles. The first-order valence-corrected chi connectivity index (χ1v) is 12.0. The van der Waals surface area contributed by atoms with E-state index in [1.54, 1.807) is 0 Å². The summed E-state index contributed by atoms with van der Waals surface area (Å²) in [5, 5.41) is 0. The van der Waals surface area contributed by atoms with Crippen LogP contribution in [0.5, 0.6) is 0 Å². The molecule has 0 bridgehead atoms. The van der Waals surface area contributed by atoms with E-state index in [1.165, 1.54) is 28.6 Å². The minimum absolute atomic E-state index is 0.0253. The summed E-state index contributed by atoms with van der Waals surface area (Å²) < 4.78 is 43.6. The Morgan fingerprint density at radius 2 is 1.78 bits per heavy atom. The van der Waals surface area contributed by atoms with Crippen molar-refractivity contribution in [1.82, 2.24) is 4.31 Å². The molecule has 0 amide bonds. The van der Waals surface area contributed by atoms with Gasteiger partial charge in [0, 0.05) is 18.3 Å². The average Bonchev–Trinajstić information content (AvgIpc) is 2.55. The van der Waals surface area contributed by atoms with Crippen molar-refractivity contribution in [2.24, 2.45) is 5.92 Å². The Kier molecular flexibility index (Phi) is 9.41. The van der Waals surface area contributed by atoms with E-state index in [1.807, 2.05) is 20.8 Å². The molecule has 0 aliphatic rings. The van der Waals surface area contributed by atoms with Crippen LogP contribution in [-0.2, 0) is 19.1 Å². The number of anilines is 1. The highest BCUT2D eigenvalue weighted by molar-refractivity contribution is 7.89. The number of phosphoric acid groups is 1. The lowest BCUT2D eigenvalue weighted by atomic mass is 10.1. The highest BCUT2D eigenvalue weighted by Gasteiger charge is 2.33. The molecule has 8 nitrogen and oxygen atoms in total. The second-order valence-electron chi connectivity index (χ2n) is 6.97. The van der Waals surface area contributed by atoms with Crippen molar-refractivity contribution in [3.8, 4) is 0 Å². The van der Waals surface area contributed by atoms with Gasteiger partial charge in [0.25, 0.3) is 0 Å². The number of nitrogens with zero attached hydrogens (tertiary/aromatic N) is 1. The Balaban J connectivity index is 3.21. The van der Waals surface area contributed by atoms with Gasteiger partial charge in [0.1, 0.15) is 0 Å². The van der Waals surface area contributed by atoms with Crippen molar-refractivity contribution < 1.29 is 27.3 Å². The van der Waals surface area contributed by atoms with Gasteiger partial charge >= 0.3 is 7.82 Å². The standard InChI is InChI=1S/C17H31N2O6PS/c1-4-5-6-7-16(13-25-26(20,21)22)19(12-14(2)3)27(23,24)17-10-8-15(18)9-11-17/h8-11,14,16H,4-7,12-13,18H2,1-3H3,(H2,20,21,22). The van der Waals surface area contributed by atoms with Crippen LogP contribution >= 0.6 is 7.82 Å². The van der Waals surface area contributed by atoms with Crippen LogP contribution < -0.4 is 5.73 Å². The fourth-order valence-electron chi connectivity index (χ4n) is 2.70. The largest absolute Gasteiger partial charge is 0.469 e. The smallest absolute Gasteiger partial charge is 0.399 e. The SMILES string of the molecule is CCCCCC(COP(=O)(O)O)N(CC(C)C)S(=O)(=O)c1ccc(N)cc1. The van der Waals surface area contributed by atoms with Gasteiger partial charge in [0.2, 0.25) is 10.0 Å². The molecule has 0 heterocycles. The Bertz CT molecular complexity index is 717. The normalized spacial score (nSPS) is 14.0. The molecule has 10 heteroatoms. The third kappa shape index (κ3) is 8.29. The lowest BCUT2D eigenvalue weighted by Gasteiger charge is -2.32. The zero-order valence-corrected chi connectivity index (χ0v) is 17.8. The summed E-state index contributed by atoms with van der Waals surface area (Å²) in [4.78, 5) is 18.2. The van der Waals surface area contributed by atoms with Crippen molar-refractivity contribution >= 4 is 23.5 Å². The summed E-state index contributed by atoms with van der Waals surface area (Å²) in [6.07, 6.45) is 3.02. The minimum atomic E-state index is -4.70. The molecule has 0 fully saturated rings. The monoisotopic (exact) mass is 422 g/mol. The van der Waals surface area contributed by atoms with Crippen LogP contribution in [0.3, 0.4) is 0 Å². The number of unbranched alkanes of at least 4 members (excludes halogenated alkanes) is 2. The van der Waals surface area contributed by atoms with E-state index in [0.717, 1.165) is 19.3 Å². The Morgan fingerprint density at radius 3 is 2.26 bits per heavy atom. The van der Waals surface area contributed by atoms with Gasteiger partial charge in [-0.3, -0.25) is 4.52 Å². The zero-order valence-electron chi connectivity index (χ0n) is 16.1. The molecule has 0 spiro atoms. The van der Waals surface area contributed by atoms with Gasteiger partial charge in [-0.1, -0.05) is 40.0 Å². The number of hydrogen-bond donors (Lipinski definition) is 3. The van der Waals surface area contributed by atoms with E-state index in [2.05, 4.69) is 4.52 Å². The second kappa shape index (κ2) is 10.5. The minimum Gasteiger partial charge on any atom is -0.399 e. The van der Waals surface area contributed by atoms with Crippen molar-refractivity contribution in [3.05, 3.63) is 24.3 Å². The summed E-state index contributed by atoms with van der Waals surface area (Å²) in [6, 6.07) is 5.22. The van der Waals surface area contributed by atoms with Gasteiger partial charge in [-0.25, -0.2) is 13.0 Å². The molecular formula is C17H31N2O6PS. The third-order valence-electron chi connectivity index (χ3n) is 4.02. The first-order valence-electron chi connectivity index (χ1n) is 9.04. The fraction of sp³-hybridized carbons (Fsp3) is 0.647. The topological polar surface area (TPSA) is 130 Å². The highest BCUT2D eigenvalue weighted by atomic mass is 32.2.